The summed E-state index contributed by atoms with van der Waals surface area (Å²) in [7, 11) is 2.04. The molecule has 132 valence electrons. The zero-order valence-electron chi connectivity index (χ0n) is 16.5. The molecular weight excluding hydrogens is 320 g/mol. The van der Waals surface area contributed by atoms with E-state index in [2.05, 4.69) is 63.5 Å². The largest absolute Gasteiger partial charge is 0.352 e. The second-order valence-corrected chi connectivity index (χ2v) is 7.20. The molecule has 0 bridgehead atoms. The van der Waals surface area contributed by atoms with Crippen molar-refractivity contribution in [1.29, 1.82) is 10.5 Å². The maximum Gasteiger partial charge on any atom is 0.103 e. The average Bonchev–Trinajstić information content (AvgIpc) is 2.88. The van der Waals surface area contributed by atoms with Gasteiger partial charge in [0.15, 0.2) is 0 Å². The van der Waals surface area contributed by atoms with Crippen LogP contribution < -0.4 is 9.80 Å². The van der Waals surface area contributed by atoms with Crippen LogP contribution in [0.3, 0.4) is 0 Å². The van der Waals surface area contributed by atoms with Crippen LogP contribution in [0.2, 0.25) is 0 Å². The van der Waals surface area contributed by atoms with Crippen LogP contribution in [-0.4, -0.2) is 13.2 Å². The van der Waals surface area contributed by atoms with E-state index in [1.807, 2.05) is 19.2 Å². The number of hydrogen-bond acceptors (Lipinski definition) is 4. The van der Waals surface area contributed by atoms with Gasteiger partial charge in [-0.2, -0.15) is 10.5 Å². The lowest BCUT2D eigenvalue weighted by molar-refractivity contribution is 0.730. The highest BCUT2D eigenvalue weighted by atomic mass is 15.4. The van der Waals surface area contributed by atoms with Crippen LogP contribution in [0, 0.1) is 57.3 Å². The third-order valence-corrected chi connectivity index (χ3v) is 6.13. The van der Waals surface area contributed by atoms with Crippen LogP contribution in [0.5, 0.6) is 0 Å². The minimum Gasteiger partial charge on any atom is -0.352 e. The van der Waals surface area contributed by atoms with E-state index in [-0.39, 0.29) is 6.17 Å². The van der Waals surface area contributed by atoms with Crippen molar-refractivity contribution in [2.45, 2.75) is 47.7 Å². The molecule has 2 aromatic rings. The Morgan fingerprint density at radius 2 is 1.19 bits per heavy atom. The van der Waals surface area contributed by atoms with Gasteiger partial charge >= 0.3 is 0 Å². The lowest BCUT2D eigenvalue weighted by Crippen LogP contribution is -2.36. The van der Waals surface area contributed by atoms with E-state index in [0.717, 1.165) is 11.4 Å². The van der Waals surface area contributed by atoms with Crippen LogP contribution >= 0.6 is 0 Å². The minimum atomic E-state index is 0.101. The van der Waals surface area contributed by atoms with Crippen molar-refractivity contribution in [2.24, 2.45) is 0 Å². The van der Waals surface area contributed by atoms with Gasteiger partial charge in [-0.15, -0.1) is 0 Å². The second-order valence-electron chi connectivity index (χ2n) is 7.20. The van der Waals surface area contributed by atoms with Gasteiger partial charge in [-0.3, -0.25) is 0 Å². The standard InChI is InChI=1S/C22H24N4/c1-12-13(2)15(4)22(16(5)14(12)3)26-17(6)25(7)20-8-18(10-23)19(11-24)9-21(20)26/h8-9,17H,1-7H3/t17-/m0/s1. The normalized spacial score (nSPS) is 15.7. The Bertz CT molecular complexity index is 976. The van der Waals surface area contributed by atoms with Gasteiger partial charge in [0.2, 0.25) is 0 Å². The van der Waals surface area contributed by atoms with Gasteiger partial charge in [-0.1, -0.05) is 0 Å². The monoisotopic (exact) mass is 344 g/mol. The first-order valence-electron chi connectivity index (χ1n) is 8.81. The quantitative estimate of drug-likeness (QED) is 0.738. The maximum atomic E-state index is 9.47. The van der Waals surface area contributed by atoms with E-state index in [0.29, 0.717) is 11.1 Å². The van der Waals surface area contributed by atoms with Crippen molar-refractivity contribution in [2.75, 3.05) is 16.8 Å². The number of nitrogens with zero attached hydrogens (tertiary/aromatic N) is 4. The molecule has 1 aliphatic rings. The summed E-state index contributed by atoms with van der Waals surface area (Å²) in [6, 6.07) is 8.01. The number of rotatable bonds is 1. The molecule has 0 unspecified atom stereocenters. The second kappa shape index (κ2) is 6.07. The molecule has 0 spiro atoms. The van der Waals surface area contributed by atoms with Crippen molar-refractivity contribution < 1.29 is 0 Å². The SMILES string of the molecule is Cc1c(C)c(C)c(N2c3cc(C#N)c(C#N)cc3N(C)[C@@H]2C)c(C)c1C. The van der Waals surface area contributed by atoms with Gasteiger partial charge in [-0.05, 0) is 81.5 Å². The van der Waals surface area contributed by atoms with Gasteiger partial charge in [0.1, 0.15) is 18.3 Å². The summed E-state index contributed by atoms with van der Waals surface area (Å²) in [5, 5.41) is 18.8. The summed E-state index contributed by atoms with van der Waals surface area (Å²) in [5.74, 6) is 0. The molecule has 0 saturated heterocycles. The summed E-state index contributed by atoms with van der Waals surface area (Å²) in [4.78, 5) is 4.47. The summed E-state index contributed by atoms with van der Waals surface area (Å²) in [6.07, 6.45) is 0.101. The third-order valence-electron chi connectivity index (χ3n) is 6.13. The first-order valence-corrected chi connectivity index (χ1v) is 8.81. The number of benzene rings is 2. The Morgan fingerprint density at radius 3 is 1.65 bits per heavy atom. The lowest BCUT2D eigenvalue weighted by atomic mass is 9.92. The molecule has 4 heteroatoms. The zero-order valence-corrected chi connectivity index (χ0v) is 16.5. The van der Waals surface area contributed by atoms with Gasteiger partial charge in [0.25, 0.3) is 0 Å². The topological polar surface area (TPSA) is 54.1 Å². The fourth-order valence-electron chi connectivity index (χ4n) is 3.96. The number of hydrogen-bond donors (Lipinski definition) is 0. The molecule has 0 aliphatic carbocycles. The Kier molecular flexibility index (Phi) is 4.17. The predicted octanol–water partition coefficient (Wildman–Crippen LogP) is 4.91. The molecule has 0 aromatic heterocycles. The molecule has 26 heavy (non-hydrogen) atoms. The van der Waals surface area contributed by atoms with Crippen LogP contribution in [0.25, 0.3) is 0 Å². The Morgan fingerprint density at radius 1 is 0.769 bits per heavy atom. The number of anilines is 3. The average molecular weight is 344 g/mol. The fraction of sp³-hybridized carbons (Fsp3) is 0.364. The van der Waals surface area contributed by atoms with Crippen molar-refractivity contribution in [3.05, 3.63) is 51.1 Å². The van der Waals surface area contributed by atoms with E-state index < -0.39 is 0 Å². The van der Waals surface area contributed by atoms with Gasteiger partial charge in [-0.25, -0.2) is 0 Å². The molecule has 4 nitrogen and oxygen atoms in total. The predicted molar refractivity (Wildman–Crippen MR) is 106 cm³/mol. The molecule has 2 aromatic carbocycles. The Labute approximate surface area is 155 Å². The molecular formula is C22H24N4. The van der Waals surface area contributed by atoms with E-state index in [1.54, 1.807) is 0 Å². The lowest BCUT2D eigenvalue weighted by Gasteiger charge is -2.32. The molecule has 1 atom stereocenters. The molecule has 1 heterocycles. The van der Waals surface area contributed by atoms with Crippen LogP contribution in [0.15, 0.2) is 12.1 Å². The van der Waals surface area contributed by atoms with Crippen molar-refractivity contribution in [3.63, 3.8) is 0 Å². The van der Waals surface area contributed by atoms with Crippen molar-refractivity contribution in [1.82, 2.24) is 0 Å². The Hall–Kier alpha value is -2.98. The van der Waals surface area contributed by atoms with Crippen LogP contribution in [-0.2, 0) is 0 Å². The highest BCUT2D eigenvalue weighted by Crippen LogP contribution is 2.47. The van der Waals surface area contributed by atoms with Gasteiger partial charge in [0, 0.05) is 12.7 Å². The number of nitriles is 2. The molecule has 0 radical (unpaired) electrons. The van der Waals surface area contributed by atoms with E-state index in [4.69, 9.17) is 0 Å². The molecule has 0 amide bonds. The molecule has 3 rings (SSSR count). The zero-order chi connectivity index (χ0) is 19.3. The third kappa shape index (κ3) is 2.26. The van der Waals surface area contributed by atoms with E-state index in [1.165, 1.54) is 33.5 Å². The molecule has 0 saturated carbocycles. The first-order chi connectivity index (χ1) is 12.2. The van der Waals surface area contributed by atoms with Crippen LogP contribution in [0.1, 0.15) is 45.9 Å². The summed E-state index contributed by atoms with van der Waals surface area (Å²) in [6.45, 7) is 13.0. The minimum absolute atomic E-state index is 0.101. The summed E-state index contributed by atoms with van der Waals surface area (Å²) >= 11 is 0. The van der Waals surface area contributed by atoms with Gasteiger partial charge in [0.05, 0.1) is 22.5 Å². The molecule has 1 aliphatic heterocycles. The van der Waals surface area contributed by atoms with Gasteiger partial charge < -0.3 is 9.80 Å². The van der Waals surface area contributed by atoms with Crippen molar-refractivity contribution >= 4 is 17.1 Å². The summed E-state index contributed by atoms with van der Waals surface area (Å²) < 4.78 is 0. The highest BCUT2D eigenvalue weighted by molar-refractivity contribution is 5.88. The van der Waals surface area contributed by atoms with Crippen LogP contribution in [0.4, 0.5) is 17.1 Å². The molecule has 0 N–H and O–H groups in total. The van der Waals surface area contributed by atoms with E-state index in [9.17, 15) is 10.5 Å². The highest BCUT2D eigenvalue weighted by Gasteiger charge is 2.35. The first kappa shape index (κ1) is 17.8. The Balaban J connectivity index is 2.35. The maximum absolute atomic E-state index is 9.47. The molecule has 0 fully saturated rings. The summed E-state index contributed by atoms with van der Waals surface area (Å²) in [5.41, 5.74) is 10.5. The van der Waals surface area contributed by atoms with E-state index >= 15 is 0 Å². The fourth-order valence-corrected chi connectivity index (χ4v) is 3.96. The smallest absolute Gasteiger partial charge is 0.103 e. The number of fused-ring (bicyclic) bond motifs is 1. The van der Waals surface area contributed by atoms with Crippen molar-refractivity contribution in [3.8, 4) is 12.1 Å².